The lowest BCUT2D eigenvalue weighted by Gasteiger charge is -2.09. The lowest BCUT2D eigenvalue weighted by atomic mass is 10.0. The summed E-state index contributed by atoms with van der Waals surface area (Å²) < 4.78 is 1.79. The molecule has 1 aromatic carbocycles. The maximum absolute atomic E-state index is 4.10. The third-order valence-electron chi connectivity index (χ3n) is 2.81. The van der Waals surface area contributed by atoms with Gasteiger partial charge in [-0.15, -0.1) is 10.2 Å². The Balaban J connectivity index is 1.70. The summed E-state index contributed by atoms with van der Waals surface area (Å²) in [6.07, 6.45) is 1.62. The molecule has 0 aliphatic carbocycles. The molecular weight excluding hydrogens is 246 g/mol. The molecule has 2 heterocycles. The van der Waals surface area contributed by atoms with E-state index >= 15 is 0 Å². The zero-order valence-electron chi connectivity index (χ0n) is 9.95. The Morgan fingerprint density at radius 1 is 1.28 bits per heavy atom. The van der Waals surface area contributed by atoms with Crippen molar-refractivity contribution in [3.63, 3.8) is 0 Å². The molecule has 5 nitrogen and oxygen atoms in total. The van der Waals surface area contributed by atoms with Crippen molar-refractivity contribution in [3.05, 3.63) is 42.2 Å². The standard InChI is InChI=1S/C12H13N5S/c1-9(10-5-3-2-4-6-10)7-18-12-16-15-11-13-8-14-17(11)12/h2-6,8-9H,7H2,1H3,(H,13,14,15)/t9-/m0/s1. The van der Waals surface area contributed by atoms with Crippen molar-refractivity contribution in [3.8, 4) is 0 Å². The minimum Gasteiger partial charge on any atom is -0.278 e. The summed E-state index contributed by atoms with van der Waals surface area (Å²) >= 11 is 1.68. The van der Waals surface area contributed by atoms with E-state index in [1.165, 1.54) is 5.56 Å². The molecule has 0 saturated heterocycles. The van der Waals surface area contributed by atoms with Crippen molar-refractivity contribution in [2.75, 3.05) is 5.75 Å². The third-order valence-corrected chi connectivity index (χ3v) is 4.00. The van der Waals surface area contributed by atoms with Crippen LogP contribution in [0.2, 0.25) is 0 Å². The highest BCUT2D eigenvalue weighted by Crippen LogP contribution is 2.24. The quantitative estimate of drug-likeness (QED) is 0.731. The molecule has 3 rings (SSSR count). The maximum Gasteiger partial charge on any atom is 0.272 e. The molecule has 0 spiro atoms. The molecular formula is C12H13N5S. The Kier molecular flexibility index (Phi) is 3.02. The highest BCUT2D eigenvalue weighted by Gasteiger charge is 2.11. The number of aromatic nitrogens is 5. The summed E-state index contributed by atoms with van der Waals surface area (Å²) in [5, 5.41) is 11.9. The van der Waals surface area contributed by atoms with Crippen LogP contribution in [-0.2, 0) is 0 Å². The van der Waals surface area contributed by atoms with Crippen molar-refractivity contribution in [1.29, 1.82) is 0 Å². The molecule has 0 unspecified atom stereocenters. The fraction of sp³-hybridized carbons (Fsp3) is 0.250. The summed E-state index contributed by atoms with van der Waals surface area (Å²) in [6.45, 7) is 2.22. The van der Waals surface area contributed by atoms with Gasteiger partial charge in [-0.3, -0.25) is 5.10 Å². The number of H-pyrrole nitrogens is 1. The first-order valence-corrected chi connectivity index (χ1v) is 6.75. The number of nitrogens with zero attached hydrogens (tertiary/aromatic N) is 4. The van der Waals surface area contributed by atoms with E-state index < -0.39 is 0 Å². The highest BCUT2D eigenvalue weighted by atomic mass is 32.2. The average Bonchev–Trinajstić information content (AvgIpc) is 3.00. The second kappa shape index (κ2) is 4.81. The van der Waals surface area contributed by atoms with E-state index in [4.69, 9.17) is 0 Å². The van der Waals surface area contributed by atoms with E-state index in [1.54, 1.807) is 22.6 Å². The van der Waals surface area contributed by atoms with Crippen LogP contribution in [0, 0.1) is 0 Å². The van der Waals surface area contributed by atoms with Crippen LogP contribution in [0.15, 0.2) is 41.8 Å². The average molecular weight is 259 g/mol. The minimum atomic E-state index is 0.478. The van der Waals surface area contributed by atoms with Gasteiger partial charge in [0.05, 0.1) is 0 Å². The number of nitrogens with one attached hydrogen (secondary N) is 1. The Morgan fingerprint density at radius 3 is 2.94 bits per heavy atom. The summed E-state index contributed by atoms with van der Waals surface area (Å²) in [7, 11) is 0. The largest absolute Gasteiger partial charge is 0.278 e. The molecule has 92 valence electrons. The molecule has 0 saturated carbocycles. The predicted octanol–water partition coefficient (Wildman–Crippen LogP) is 2.35. The molecule has 3 aromatic rings. The van der Waals surface area contributed by atoms with Gasteiger partial charge in [0.15, 0.2) is 0 Å². The summed E-state index contributed by atoms with van der Waals surface area (Å²) in [4.78, 5) is 4.05. The Bertz CT molecular complexity index is 630. The van der Waals surface area contributed by atoms with Crippen LogP contribution in [0.3, 0.4) is 0 Å². The summed E-state index contributed by atoms with van der Waals surface area (Å²) in [5.41, 5.74) is 1.34. The van der Waals surface area contributed by atoms with Gasteiger partial charge in [-0.05, 0) is 11.5 Å². The highest BCUT2D eigenvalue weighted by molar-refractivity contribution is 7.99. The zero-order valence-corrected chi connectivity index (χ0v) is 10.8. The van der Waals surface area contributed by atoms with Crippen molar-refractivity contribution in [2.24, 2.45) is 0 Å². The smallest absolute Gasteiger partial charge is 0.272 e. The van der Waals surface area contributed by atoms with Crippen LogP contribution in [0.25, 0.3) is 5.78 Å². The van der Waals surface area contributed by atoms with E-state index in [9.17, 15) is 0 Å². The molecule has 0 radical (unpaired) electrons. The SMILES string of the molecule is C[C@@H](CSc1nnc2nc[nH]n12)c1ccccc1. The summed E-state index contributed by atoms with van der Waals surface area (Å²) in [6, 6.07) is 10.5. The van der Waals surface area contributed by atoms with Crippen molar-refractivity contribution >= 4 is 17.5 Å². The molecule has 1 atom stereocenters. The van der Waals surface area contributed by atoms with Crippen LogP contribution >= 0.6 is 11.8 Å². The van der Waals surface area contributed by atoms with E-state index in [-0.39, 0.29) is 0 Å². The fourth-order valence-electron chi connectivity index (χ4n) is 1.77. The van der Waals surface area contributed by atoms with Gasteiger partial charge in [-0.25, -0.2) is 0 Å². The van der Waals surface area contributed by atoms with Crippen molar-refractivity contribution in [2.45, 2.75) is 18.0 Å². The second-order valence-electron chi connectivity index (χ2n) is 4.13. The van der Waals surface area contributed by atoms with Gasteiger partial charge in [-0.2, -0.15) is 9.50 Å². The maximum atomic E-state index is 4.10. The van der Waals surface area contributed by atoms with E-state index in [0.29, 0.717) is 11.7 Å². The topological polar surface area (TPSA) is 58.9 Å². The second-order valence-corrected chi connectivity index (χ2v) is 5.12. The van der Waals surface area contributed by atoms with Crippen LogP contribution in [0.4, 0.5) is 0 Å². The zero-order chi connectivity index (χ0) is 12.4. The number of benzene rings is 1. The molecule has 2 aromatic heterocycles. The summed E-state index contributed by atoms with van der Waals surface area (Å²) in [5.74, 6) is 2.06. The number of hydrogen-bond donors (Lipinski definition) is 1. The molecule has 0 aliphatic heterocycles. The number of fused-ring (bicyclic) bond motifs is 1. The predicted molar refractivity (Wildman–Crippen MR) is 70.7 cm³/mol. The van der Waals surface area contributed by atoms with Gasteiger partial charge >= 0.3 is 0 Å². The number of thioether (sulfide) groups is 1. The fourth-order valence-corrected chi connectivity index (χ4v) is 2.73. The first kappa shape index (κ1) is 11.3. The molecule has 6 heteroatoms. The van der Waals surface area contributed by atoms with E-state index in [1.807, 2.05) is 6.07 Å². The van der Waals surface area contributed by atoms with Gasteiger partial charge in [0.25, 0.3) is 5.78 Å². The molecule has 0 amide bonds. The van der Waals surface area contributed by atoms with Crippen LogP contribution in [0.1, 0.15) is 18.4 Å². The van der Waals surface area contributed by atoms with Gasteiger partial charge < -0.3 is 0 Å². The van der Waals surface area contributed by atoms with E-state index in [0.717, 1.165) is 10.9 Å². The number of aromatic amines is 1. The van der Waals surface area contributed by atoms with Gasteiger partial charge in [0.2, 0.25) is 5.16 Å². The van der Waals surface area contributed by atoms with Crippen LogP contribution in [0.5, 0.6) is 0 Å². The lowest BCUT2D eigenvalue weighted by molar-refractivity contribution is 0.813. The molecule has 0 aliphatic rings. The first-order valence-electron chi connectivity index (χ1n) is 5.77. The van der Waals surface area contributed by atoms with Gasteiger partial charge in [0, 0.05) is 5.75 Å². The third kappa shape index (κ3) is 2.11. The Labute approximate surface area is 109 Å². The Morgan fingerprint density at radius 2 is 2.11 bits per heavy atom. The number of rotatable bonds is 4. The van der Waals surface area contributed by atoms with Gasteiger partial charge in [0.1, 0.15) is 6.33 Å². The minimum absolute atomic E-state index is 0.478. The first-order chi connectivity index (χ1) is 8.84. The van der Waals surface area contributed by atoms with Crippen molar-refractivity contribution < 1.29 is 0 Å². The van der Waals surface area contributed by atoms with E-state index in [2.05, 4.69) is 51.5 Å². The monoisotopic (exact) mass is 259 g/mol. The Hall–Kier alpha value is -1.82. The number of hydrogen-bond acceptors (Lipinski definition) is 4. The van der Waals surface area contributed by atoms with Gasteiger partial charge in [-0.1, -0.05) is 49.0 Å². The van der Waals surface area contributed by atoms with Crippen LogP contribution in [-0.4, -0.2) is 30.5 Å². The van der Waals surface area contributed by atoms with Crippen molar-refractivity contribution in [1.82, 2.24) is 24.8 Å². The lowest BCUT2D eigenvalue weighted by Crippen LogP contribution is -1.98. The normalized spacial score (nSPS) is 12.9. The molecule has 18 heavy (non-hydrogen) atoms. The molecule has 0 fully saturated rings. The molecule has 1 N–H and O–H groups in total. The van der Waals surface area contributed by atoms with Crippen LogP contribution < -0.4 is 0 Å². The molecule has 0 bridgehead atoms.